The highest BCUT2D eigenvalue weighted by Crippen LogP contribution is 2.34. The Hall–Kier alpha value is -2.11. The lowest BCUT2D eigenvalue weighted by molar-refractivity contribution is -0.119. The molecule has 2 rings (SSSR count). The first kappa shape index (κ1) is 21.2. The van der Waals surface area contributed by atoms with Crippen LogP contribution in [-0.4, -0.2) is 31.9 Å². The van der Waals surface area contributed by atoms with Gasteiger partial charge in [0.25, 0.3) is 5.91 Å². The molecule has 0 saturated carbocycles. The lowest BCUT2D eigenvalue weighted by Crippen LogP contribution is -2.22. The standard InChI is InChI=1S/C14H11Cl3N4O5S/c15-9-11(18)10(16)13(17)21-12(9)14(23)26-5-8(22)20-6-2-1-3-7(4-6)27(19,24)25/h1-4H,5H2,(H2,18,21)(H,20,22)(H2,19,24,25). The Morgan fingerprint density at radius 1 is 1.19 bits per heavy atom. The number of nitrogens with one attached hydrogen (secondary N) is 1. The number of primary sulfonamides is 1. The number of benzene rings is 1. The third kappa shape index (κ3) is 5.21. The van der Waals surface area contributed by atoms with Gasteiger partial charge in [-0.3, -0.25) is 4.79 Å². The number of hydrogen-bond acceptors (Lipinski definition) is 7. The number of aromatic nitrogens is 1. The van der Waals surface area contributed by atoms with Crippen molar-refractivity contribution in [1.29, 1.82) is 0 Å². The second-order valence-electron chi connectivity index (χ2n) is 4.99. The summed E-state index contributed by atoms with van der Waals surface area (Å²) < 4.78 is 27.4. The van der Waals surface area contributed by atoms with E-state index in [0.717, 1.165) is 6.07 Å². The van der Waals surface area contributed by atoms with Crippen LogP contribution >= 0.6 is 34.8 Å². The van der Waals surface area contributed by atoms with E-state index in [0.29, 0.717) is 0 Å². The number of rotatable bonds is 5. The second-order valence-corrected chi connectivity index (χ2v) is 7.67. The number of carbonyl (C=O) groups is 2. The first-order valence-electron chi connectivity index (χ1n) is 6.90. The molecule has 13 heteroatoms. The van der Waals surface area contributed by atoms with Gasteiger partial charge in [-0.05, 0) is 18.2 Å². The molecule has 0 bridgehead atoms. The number of nitrogens with two attached hydrogens (primary N) is 2. The number of amides is 1. The molecular weight excluding hydrogens is 443 g/mol. The minimum atomic E-state index is -3.93. The van der Waals surface area contributed by atoms with Gasteiger partial charge in [-0.1, -0.05) is 40.9 Å². The highest BCUT2D eigenvalue weighted by atomic mass is 35.5. The maximum atomic E-state index is 12.0. The van der Waals surface area contributed by atoms with Crippen molar-refractivity contribution in [2.75, 3.05) is 17.7 Å². The fraction of sp³-hybridized carbons (Fsp3) is 0.0714. The molecule has 1 aromatic heterocycles. The Balaban J connectivity index is 2.05. The number of nitrogen functional groups attached to an aromatic ring is 1. The Morgan fingerprint density at radius 2 is 1.85 bits per heavy atom. The van der Waals surface area contributed by atoms with E-state index in [2.05, 4.69) is 10.3 Å². The smallest absolute Gasteiger partial charge is 0.359 e. The fourth-order valence-electron chi connectivity index (χ4n) is 1.81. The number of pyridine rings is 1. The maximum Gasteiger partial charge on any atom is 0.359 e. The van der Waals surface area contributed by atoms with E-state index in [-0.39, 0.29) is 31.5 Å². The molecule has 5 N–H and O–H groups in total. The average Bonchev–Trinajstić information content (AvgIpc) is 2.60. The number of esters is 1. The van der Waals surface area contributed by atoms with Crippen molar-refractivity contribution in [3.63, 3.8) is 0 Å². The van der Waals surface area contributed by atoms with Gasteiger partial charge in [-0.15, -0.1) is 0 Å². The molecule has 1 amide bonds. The molecule has 2 aromatic rings. The van der Waals surface area contributed by atoms with Gasteiger partial charge in [-0.25, -0.2) is 23.3 Å². The van der Waals surface area contributed by atoms with Gasteiger partial charge in [0.15, 0.2) is 17.5 Å². The van der Waals surface area contributed by atoms with Crippen molar-refractivity contribution >= 4 is 68.1 Å². The van der Waals surface area contributed by atoms with Crippen LogP contribution in [-0.2, 0) is 19.6 Å². The van der Waals surface area contributed by atoms with Crippen molar-refractivity contribution in [3.05, 3.63) is 45.2 Å². The molecule has 144 valence electrons. The lowest BCUT2D eigenvalue weighted by atomic mass is 10.3. The van der Waals surface area contributed by atoms with Crippen LogP contribution in [0.5, 0.6) is 0 Å². The summed E-state index contributed by atoms with van der Waals surface area (Å²) in [6.07, 6.45) is 0. The maximum absolute atomic E-state index is 12.0. The first-order chi connectivity index (χ1) is 12.5. The normalized spacial score (nSPS) is 11.1. The predicted octanol–water partition coefficient (Wildman–Crippen LogP) is 2.07. The second kappa shape index (κ2) is 8.28. The number of nitrogens with zero attached hydrogens (tertiary/aromatic N) is 1. The number of sulfonamides is 1. The third-order valence-corrected chi connectivity index (χ3v) is 5.09. The van der Waals surface area contributed by atoms with Crippen molar-refractivity contribution < 1.29 is 22.7 Å². The summed E-state index contributed by atoms with van der Waals surface area (Å²) in [5.41, 5.74) is 5.16. The van der Waals surface area contributed by atoms with Gasteiger partial charge >= 0.3 is 5.97 Å². The van der Waals surface area contributed by atoms with E-state index < -0.39 is 34.2 Å². The highest BCUT2D eigenvalue weighted by molar-refractivity contribution is 7.89. The van der Waals surface area contributed by atoms with E-state index in [1.165, 1.54) is 18.2 Å². The van der Waals surface area contributed by atoms with Crippen LogP contribution in [0.2, 0.25) is 15.2 Å². The van der Waals surface area contributed by atoms with Crippen LogP contribution in [0.3, 0.4) is 0 Å². The summed E-state index contributed by atoms with van der Waals surface area (Å²) in [7, 11) is -3.93. The van der Waals surface area contributed by atoms with E-state index in [4.69, 9.17) is 50.4 Å². The topological polar surface area (TPSA) is 154 Å². The van der Waals surface area contributed by atoms with E-state index in [9.17, 15) is 18.0 Å². The summed E-state index contributed by atoms with van der Waals surface area (Å²) in [4.78, 5) is 27.4. The average molecular weight is 454 g/mol. The number of carbonyl (C=O) groups excluding carboxylic acids is 2. The molecule has 9 nitrogen and oxygen atoms in total. The number of ether oxygens (including phenoxy) is 1. The lowest BCUT2D eigenvalue weighted by Gasteiger charge is -2.10. The molecule has 0 aliphatic rings. The van der Waals surface area contributed by atoms with E-state index >= 15 is 0 Å². The van der Waals surface area contributed by atoms with Crippen LogP contribution in [0, 0.1) is 0 Å². The first-order valence-corrected chi connectivity index (χ1v) is 9.58. The molecule has 0 spiro atoms. The molecule has 0 unspecified atom stereocenters. The molecular formula is C14H11Cl3N4O5S. The zero-order valence-corrected chi connectivity index (χ0v) is 16.3. The van der Waals surface area contributed by atoms with Crippen LogP contribution in [0.1, 0.15) is 10.5 Å². The van der Waals surface area contributed by atoms with Gasteiger partial charge in [0, 0.05) is 5.69 Å². The zero-order chi connectivity index (χ0) is 20.4. The fourth-order valence-corrected chi connectivity index (χ4v) is 2.96. The summed E-state index contributed by atoms with van der Waals surface area (Å²) in [6, 6.07) is 5.20. The monoisotopic (exact) mass is 452 g/mol. The summed E-state index contributed by atoms with van der Waals surface area (Å²) in [5, 5.41) is 6.71. The quantitative estimate of drug-likeness (QED) is 0.462. The van der Waals surface area contributed by atoms with Crippen molar-refractivity contribution in [3.8, 4) is 0 Å². The third-order valence-electron chi connectivity index (χ3n) is 3.05. The number of hydrogen-bond donors (Lipinski definition) is 3. The van der Waals surface area contributed by atoms with Gasteiger partial charge in [0.05, 0.1) is 15.6 Å². The number of halogens is 3. The largest absolute Gasteiger partial charge is 0.451 e. The Bertz CT molecular complexity index is 1030. The van der Waals surface area contributed by atoms with Crippen molar-refractivity contribution in [2.24, 2.45) is 5.14 Å². The minimum absolute atomic E-state index is 0.120. The van der Waals surface area contributed by atoms with Crippen LogP contribution in [0.4, 0.5) is 11.4 Å². The molecule has 0 saturated heterocycles. The Labute approximate surface area is 168 Å². The summed E-state index contributed by atoms with van der Waals surface area (Å²) >= 11 is 17.3. The summed E-state index contributed by atoms with van der Waals surface area (Å²) in [6.45, 7) is -0.712. The SMILES string of the molecule is Nc1c(Cl)c(Cl)nc(C(=O)OCC(=O)Nc2cccc(S(N)(=O)=O)c2)c1Cl. The molecule has 0 aliphatic carbocycles. The van der Waals surface area contributed by atoms with Crippen LogP contribution < -0.4 is 16.2 Å². The van der Waals surface area contributed by atoms with E-state index in [1.807, 2.05) is 0 Å². The molecule has 0 aliphatic heterocycles. The molecule has 1 aromatic carbocycles. The molecule has 0 fully saturated rings. The Kier molecular flexibility index (Phi) is 6.50. The minimum Gasteiger partial charge on any atom is -0.451 e. The summed E-state index contributed by atoms with van der Waals surface area (Å²) in [5.74, 6) is -1.81. The Morgan fingerprint density at radius 3 is 2.48 bits per heavy atom. The molecule has 27 heavy (non-hydrogen) atoms. The van der Waals surface area contributed by atoms with Crippen LogP contribution in [0.25, 0.3) is 0 Å². The number of anilines is 2. The molecule has 0 atom stereocenters. The molecule has 1 heterocycles. The van der Waals surface area contributed by atoms with Crippen molar-refractivity contribution in [1.82, 2.24) is 4.98 Å². The predicted molar refractivity (Wildman–Crippen MR) is 100 cm³/mol. The van der Waals surface area contributed by atoms with Crippen molar-refractivity contribution in [2.45, 2.75) is 4.90 Å². The zero-order valence-electron chi connectivity index (χ0n) is 13.2. The molecule has 0 radical (unpaired) electrons. The van der Waals surface area contributed by atoms with Crippen LogP contribution in [0.15, 0.2) is 29.2 Å². The van der Waals surface area contributed by atoms with Gasteiger partial charge in [0.1, 0.15) is 5.02 Å². The van der Waals surface area contributed by atoms with Gasteiger partial charge in [0.2, 0.25) is 10.0 Å². The highest BCUT2D eigenvalue weighted by Gasteiger charge is 2.21. The van der Waals surface area contributed by atoms with Gasteiger partial charge in [-0.2, -0.15) is 0 Å². The van der Waals surface area contributed by atoms with Gasteiger partial charge < -0.3 is 15.8 Å². The van der Waals surface area contributed by atoms with E-state index in [1.54, 1.807) is 0 Å².